The predicted molar refractivity (Wildman–Crippen MR) is 133 cm³/mol. The number of carbonyl (C=O) groups excluding carboxylic acids is 3. The van der Waals surface area contributed by atoms with E-state index in [1.807, 2.05) is 20.8 Å². The van der Waals surface area contributed by atoms with Crippen LogP contribution in [0.25, 0.3) is 0 Å². The second-order valence-electron chi connectivity index (χ2n) is 10.3. The average molecular weight is 482 g/mol. The highest BCUT2D eigenvalue weighted by Gasteiger charge is 2.44. The third-order valence-corrected chi connectivity index (χ3v) is 6.38. The first-order valence-electron chi connectivity index (χ1n) is 11.8. The third kappa shape index (κ3) is 5.71. The largest absolute Gasteiger partial charge is 0.508 e. The molecule has 3 rings (SSSR count). The Morgan fingerprint density at radius 2 is 1.77 bits per heavy atom. The molecule has 0 saturated carbocycles. The number of phenolic OH excluding ortho intramolecular Hbond substituents is 1. The van der Waals surface area contributed by atoms with Gasteiger partial charge >= 0.3 is 0 Å². The number of nitrogens with two attached hydrogens (primary N) is 1. The van der Waals surface area contributed by atoms with Gasteiger partial charge in [-0.15, -0.1) is 0 Å². The number of aliphatic hydroxyl groups excluding tert-OH is 1. The zero-order valence-corrected chi connectivity index (χ0v) is 20.7. The van der Waals surface area contributed by atoms with E-state index in [1.165, 1.54) is 11.0 Å². The van der Waals surface area contributed by atoms with Crippen LogP contribution < -0.4 is 11.1 Å². The van der Waals surface area contributed by atoms with Gasteiger partial charge in [0, 0.05) is 29.6 Å². The number of ketones is 1. The molecule has 0 aliphatic carbocycles. The highest BCUT2D eigenvalue weighted by molar-refractivity contribution is 6.05. The van der Waals surface area contributed by atoms with Gasteiger partial charge in [-0.2, -0.15) is 0 Å². The molecule has 1 unspecified atom stereocenters. The maximum Gasteiger partial charge on any atom is 0.252 e. The van der Waals surface area contributed by atoms with E-state index in [1.54, 1.807) is 49.4 Å². The molecule has 1 aliphatic heterocycles. The molecule has 2 amide bonds. The van der Waals surface area contributed by atoms with E-state index < -0.39 is 34.9 Å². The minimum absolute atomic E-state index is 0.0485. The first kappa shape index (κ1) is 26.4. The molecule has 5 N–H and O–H groups in total. The van der Waals surface area contributed by atoms with E-state index in [9.17, 15) is 24.6 Å². The van der Waals surface area contributed by atoms with Crippen molar-refractivity contribution < 1.29 is 24.6 Å². The van der Waals surface area contributed by atoms with Crippen molar-refractivity contribution in [2.45, 2.75) is 70.2 Å². The number of aliphatic hydroxyl groups is 1. The van der Waals surface area contributed by atoms with Gasteiger partial charge in [-0.25, -0.2) is 0 Å². The Labute approximate surface area is 206 Å². The normalized spacial score (nSPS) is 18.6. The van der Waals surface area contributed by atoms with Crippen LogP contribution in [-0.2, 0) is 15.1 Å². The quantitative estimate of drug-likeness (QED) is 0.449. The van der Waals surface area contributed by atoms with Gasteiger partial charge in [-0.1, -0.05) is 42.5 Å². The number of nitrogens with one attached hydrogen (secondary N) is 1. The number of rotatable bonds is 7. The number of hydrogen-bond donors (Lipinski definition) is 4. The molecular weight excluding hydrogens is 446 g/mol. The van der Waals surface area contributed by atoms with Gasteiger partial charge in [-0.05, 0) is 52.2 Å². The van der Waals surface area contributed by atoms with Crippen molar-refractivity contribution >= 4 is 17.6 Å². The van der Waals surface area contributed by atoms with Gasteiger partial charge in [0.1, 0.15) is 23.4 Å². The first-order chi connectivity index (χ1) is 16.3. The zero-order valence-electron chi connectivity index (χ0n) is 20.7. The molecule has 1 saturated heterocycles. The fraction of sp³-hybridized carbons (Fsp3) is 0.444. The van der Waals surface area contributed by atoms with E-state index in [-0.39, 0.29) is 23.6 Å². The van der Waals surface area contributed by atoms with Crippen molar-refractivity contribution in [3.63, 3.8) is 0 Å². The Balaban J connectivity index is 1.90. The monoisotopic (exact) mass is 481 g/mol. The summed E-state index contributed by atoms with van der Waals surface area (Å²) < 4.78 is 0. The lowest BCUT2D eigenvalue weighted by molar-refractivity contribution is -0.146. The van der Waals surface area contributed by atoms with Gasteiger partial charge in [0.2, 0.25) is 5.91 Å². The van der Waals surface area contributed by atoms with Gasteiger partial charge < -0.3 is 26.2 Å². The van der Waals surface area contributed by atoms with Gasteiger partial charge in [0.15, 0.2) is 5.78 Å². The van der Waals surface area contributed by atoms with Gasteiger partial charge in [0.05, 0.1) is 0 Å². The Hall–Kier alpha value is -3.23. The average Bonchev–Trinajstić information content (AvgIpc) is 3.29. The minimum Gasteiger partial charge on any atom is -0.508 e. The summed E-state index contributed by atoms with van der Waals surface area (Å²) in [5, 5.41) is 24.0. The molecule has 0 aromatic heterocycles. The van der Waals surface area contributed by atoms with Crippen molar-refractivity contribution in [3.05, 3.63) is 65.2 Å². The van der Waals surface area contributed by atoms with Crippen molar-refractivity contribution in [1.82, 2.24) is 10.2 Å². The lowest BCUT2D eigenvalue weighted by Gasteiger charge is -2.34. The lowest BCUT2D eigenvalue weighted by Crippen LogP contribution is -2.55. The van der Waals surface area contributed by atoms with E-state index in [0.717, 1.165) is 0 Å². The molecule has 35 heavy (non-hydrogen) atoms. The number of phenols is 1. The van der Waals surface area contributed by atoms with Crippen LogP contribution in [0.4, 0.5) is 0 Å². The topological polar surface area (TPSA) is 133 Å². The number of nitrogens with zero attached hydrogens (tertiary/aromatic N) is 1. The molecule has 2 aromatic carbocycles. The fourth-order valence-electron chi connectivity index (χ4n) is 4.53. The molecule has 3 atom stereocenters. The van der Waals surface area contributed by atoms with E-state index in [2.05, 4.69) is 5.32 Å². The van der Waals surface area contributed by atoms with Crippen LogP contribution in [0.1, 0.15) is 61.5 Å². The van der Waals surface area contributed by atoms with E-state index in [4.69, 9.17) is 5.73 Å². The molecule has 2 aromatic rings. The Bertz CT molecular complexity index is 1100. The zero-order chi connectivity index (χ0) is 26.0. The predicted octanol–water partition coefficient (Wildman–Crippen LogP) is 2.39. The van der Waals surface area contributed by atoms with Crippen LogP contribution in [0.2, 0.25) is 0 Å². The van der Waals surface area contributed by atoms with E-state index >= 15 is 0 Å². The Kier molecular flexibility index (Phi) is 7.67. The first-order valence-corrected chi connectivity index (χ1v) is 11.8. The van der Waals surface area contributed by atoms with Crippen LogP contribution in [0, 0.1) is 6.92 Å². The molecule has 8 nitrogen and oxygen atoms in total. The van der Waals surface area contributed by atoms with Gasteiger partial charge in [-0.3, -0.25) is 14.4 Å². The number of benzene rings is 2. The minimum atomic E-state index is -1.74. The standard InChI is InChI=1S/C27H35N3O5/c1-17-19(12-8-14-21(17)31)23(33)27(28,18-10-6-5-7-11-18)16-22(32)25(35)30-15-9-13-20(30)24(34)29-26(2,3)4/h5-8,10-12,14,20,22,31-32H,9,13,15-16,28H2,1-4H3,(H,29,34)/t20-,22-,27?/m0/s1. The molecule has 8 heteroatoms. The number of amides is 2. The highest BCUT2D eigenvalue weighted by Crippen LogP contribution is 2.32. The number of Topliss-reactive ketones (excluding diaryl/α,β-unsaturated/α-hetero) is 1. The summed E-state index contributed by atoms with van der Waals surface area (Å²) in [6, 6.07) is 12.5. The van der Waals surface area contributed by atoms with Gasteiger partial charge in [0.25, 0.3) is 5.91 Å². The fourth-order valence-corrected chi connectivity index (χ4v) is 4.53. The van der Waals surface area contributed by atoms with Crippen LogP contribution in [0.3, 0.4) is 0 Å². The molecule has 0 bridgehead atoms. The summed E-state index contributed by atoms with van der Waals surface area (Å²) in [5.74, 6) is -1.48. The number of carbonyl (C=O) groups is 3. The van der Waals surface area contributed by atoms with Crippen LogP contribution in [0.5, 0.6) is 5.75 Å². The van der Waals surface area contributed by atoms with Crippen molar-refractivity contribution in [3.8, 4) is 5.75 Å². The molecule has 1 aliphatic rings. The third-order valence-electron chi connectivity index (χ3n) is 6.38. The summed E-state index contributed by atoms with van der Waals surface area (Å²) in [4.78, 5) is 41.2. The number of hydrogen-bond acceptors (Lipinski definition) is 6. The summed E-state index contributed by atoms with van der Waals surface area (Å²) in [6.07, 6.45) is -0.860. The van der Waals surface area contributed by atoms with Crippen LogP contribution in [0.15, 0.2) is 48.5 Å². The maximum atomic E-state index is 13.7. The Morgan fingerprint density at radius 3 is 2.40 bits per heavy atom. The maximum absolute atomic E-state index is 13.7. The van der Waals surface area contributed by atoms with Crippen molar-refractivity contribution in [2.75, 3.05) is 6.54 Å². The summed E-state index contributed by atoms with van der Waals surface area (Å²) in [6.45, 7) is 7.52. The second-order valence-corrected chi connectivity index (χ2v) is 10.3. The molecule has 0 spiro atoms. The number of likely N-dealkylation sites (tertiary alicyclic amines) is 1. The summed E-state index contributed by atoms with van der Waals surface area (Å²) in [5.41, 5.74) is 5.49. The van der Waals surface area contributed by atoms with Crippen LogP contribution in [-0.4, -0.2) is 56.9 Å². The van der Waals surface area contributed by atoms with Crippen LogP contribution >= 0.6 is 0 Å². The second kappa shape index (κ2) is 10.2. The summed E-state index contributed by atoms with van der Waals surface area (Å²) >= 11 is 0. The lowest BCUT2D eigenvalue weighted by atomic mass is 9.78. The molecular formula is C27H35N3O5. The van der Waals surface area contributed by atoms with Crippen molar-refractivity contribution in [1.29, 1.82) is 0 Å². The SMILES string of the molecule is Cc1c(O)cccc1C(=O)C(N)(C[C@H](O)C(=O)N1CCC[C@H]1C(=O)NC(C)(C)C)c1ccccc1. The molecule has 188 valence electrons. The molecule has 1 heterocycles. The summed E-state index contributed by atoms with van der Waals surface area (Å²) in [7, 11) is 0. The molecule has 1 fully saturated rings. The van der Waals surface area contributed by atoms with E-state index in [0.29, 0.717) is 30.5 Å². The smallest absolute Gasteiger partial charge is 0.252 e. The Morgan fingerprint density at radius 1 is 1.11 bits per heavy atom. The highest BCUT2D eigenvalue weighted by atomic mass is 16.3. The molecule has 0 radical (unpaired) electrons. The van der Waals surface area contributed by atoms with Crippen molar-refractivity contribution in [2.24, 2.45) is 5.73 Å². The number of aromatic hydroxyl groups is 1.